The van der Waals surface area contributed by atoms with Crippen LogP contribution in [0.5, 0.6) is 5.75 Å². The van der Waals surface area contributed by atoms with Crippen molar-refractivity contribution in [1.29, 1.82) is 0 Å². The molecule has 38 heavy (non-hydrogen) atoms. The first kappa shape index (κ1) is 30.1. The van der Waals surface area contributed by atoms with Crippen molar-refractivity contribution in [3.8, 4) is 5.75 Å². The number of nitrogens with two attached hydrogens (primary N) is 2. The summed E-state index contributed by atoms with van der Waals surface area (Å²) in [4.78, 5) is 17.3. The number of nitrogens with zero attached hydrogens (tertiary/aromatic N) is 2. The van der Waals surface area contributed by atoms with Gasteiger partial charge in [-0.25, -0.2) is 0 Å². The predicted molar refractivity (Wildman–Crippen MR) is 149 cm³/mol. The summed E-state index contributed by atoms with van der Waals surface area (Å²) in [5.74, 6) is 0.196. The highest BCUT2D eigenvalue weighted by Gasteiger charge is 2.36. The third-order valence-corrected chi connectivity index (χ3v) is 7.63. The van der Waals surface area contributed by atoms with Crippen LogP contribution in [0, 0.1) is 5.41 Å². The number of alkyl halides is 2. The van der Waals surface area contributed by atoms with E-state index in [2.05, 4.69) is 10.2 Å². The van der Waals surface area contributed by atoms with Crippen molar-refractivity contribution in [2.45, 2.75) is 64.3 Å². The van der Waals surface area contributed by atoms with E-state index in [1.54, 1.807) is 13.0 Å². The molecule has 1 aromatic rings. The molecule has 0 bridgehead atoms. The van der Waals surface area contributed by atoms with Crippen molar-refractivity contribution in [3.63, 3.8) is 0 Å². The zero-order valence-electron chi connectivity index (χ0n) is 22.5. The molecule has 2 atom stereocenters. The van der Waals surface area contributed by atoms with Crippen LogP contribution >= 0.6 is 9.24 Å². The first-order valence-corrected chi connectivity index (χ1v) is 13.7. The van der Waals surface area contributed by atoms with Gasteiger partial charge in [0.1, 0.15) is 5.75 Å². The van der Waals surface area contributed by atoms with Gasteiger partial charge in [0.05, 0.1) is 17.3 Å². The molecular weight excluding hydrogens is 511 g/mol. The molecule has 212 valence electrons. The standard InChI is InChI=1S/C27H42F2N5O3P/c1-17(24(31)21-7-6-18(14-22(21)36)27(28,29)38)13-23(30)32-19-5-4-10-33(15-19)16-26(2,3)25(37)34-11-8-20(35)9-12-34/h6-7,13-14,19-20,32,35-36H,4-5,8-12,15-16,30-31,38H2,1-3H3/b23-13+,24-17-. The van der Waals surface area contributed by atoms with Crippen LogP contribution in [0.2, 0.25) is 0 Å². The molecule has 3 rings (SSSR count). The molecule has 0 radical (unpaired) electrons. The number of amides is 1. The summed E-state index contributed by atoms with van der Waals surface area (Å²) in [6.45, 7) is 9.14. The Balaban J connectivity index is 1.61. The molecule has 2 saturated heterocycles. The quantitative estimate of drug-likeness (QED) is 0.247. The number of carbonyl (C=O) groups excluding carboxylic acids is 1. The summed E-state index contributed by atoms with van der Waals surface area (Å²) in [6.07, 6.45) is 4.49. The summed E-state index contributed by atoms with van der Waals surface area (Å²) in [5.41, 5.74) is 9.53. The van der Waals surface area contributed by atoms with E-state index in [0.717, 1.165) is 32.0 Å². The van der Waals surface area contributed by atoms with Gasteiger partial charge < -0.3 is 36.8 Å². The number of benzene rings is 1. The first-order chi connectivity index (χ1) is 17.7. The zero-order valence-corrected chi connectivity index (χ0v) is 23.7. The van der Waals surface area contributed by atoms with Crippen LogP contribution in [0.25, 0.3) is 5.70 Å². The third kappa shape index (κ3) is 7.80. The number of phenolic OH excluding ortho intramolecular Hbond substituents is 1. The zero-order chi connectivity index (χ0) is 28.3. The second kappa shape index (κ2) is 12.2. The molecule has 2 heterocycles. The Labute approximate surface area is 226 Å². The van der Waals surface area contributed by atoms with Gasteiger partial charge in [0.25, 0.3) is 5.66 Å². The van der Waals surface area contributed by atoms with Crippen LogP contribution in [0.4, 0.5) is 8.78 Å². The van der Waals surface area contributed by atoms with Gasteiger partial charge in [0.15, 0.2) is 0 Å². The van der Waals surface area contributed by atoms with E-state index in [9.17, 15) is 23.8 Å². The smallest absolute Gasteiger partial charge is 0.284 e. The minimum atomic E-state index is -3.15. The fourth-order valence-electron chi connectivity index (χ4n) is 5.21. The molecule has 7 N–H and O–H groups in total. The lowest BCUT2D eigenvalue weighted by atomic mass is 9.88. The number of hydrogen-bond donors (Lipinski definition) is 5. The van der Waals surface area contributed by atoms with Gasteiger partial charge in [0.2, 0.25) is 5.91 Å². The Morgan fingerprint density at radius 1 is 1.21 bits per heavy atom. The lowest BCUT2D eigenvalue weighted by Gasteiger charge is -2.40. The summed E-state index contributed by atoms with van der Waals surface area (Å²) >= 11 is 0. The van der Waals surface area contributed by atoms with Crippen LogP contribution in [0.3, 0.4) is 0 Å². The Morgan fingerprint density at radius 2 is 1.87 bits per heavy atom. The Kier molecular flexibility index (Phi) is 9.66. The Hall–Kier alpha value is -2.42. The molecule has 0 spiro atoms. The highest BCUT2D eigenvalue weighted by atomic mass is 31.0. The summed E-state index contributed by atoms with van der Waals surface area (Å²) in [5, 5.41) is 23.3. The number of nitrogens with one attached hydrogen (secondary N) is 1. The summed E-state index contributed by atoms with van der Waals surface area (Å²) in [7, 11) is 1.44. The lowest BCUT2D eigenvalue weighted by molar-refractivity contribution is -0.143. The maximum atomic E-state index is 13.5. The number of phenols is 1. The number of hydrogen-bond acceptors (Lipinski definition) is 7. The fraction of sp³-hybridized carbons (Fsp3) is 0.593. The number of aliphatic hydroxyl groups excluding tert-OH is 1. The number of allylic oxidation sites excluding steroid dienone is 2. The molecule has 2 aliphatic heterocycles. The molecule has 1 aromatic carbocycles. The lowest BCUT2D eigenvalue weighted by Crippen LogP contribution is -2.53. The number of piperidine rings is 2. The van der Waals surface area contributed by atoms with Crippen molar-refractivity contribution in [3.05, 3.63) is 46.8 Å². The van der Waals surface area contributed by atoms with Crippen molar-refractivity contribution in [2.24, 2.45) is 16.9 Å². The minimum absolute atomic E-state index is 0.0852. The van der Waals surface area contributed by atoms with Gasteiger partial charge in [-0.2, -0.15) is 8.78 Å². The van der Waals surface area contributed by atoms with E-state index in [-0.39, 0.29) is 40.6 Å². The van der Waals surface area contributed by atoms with E-state index in [0.29, 0.717) is 43.9 Å². The SMILES string of the molecule is CC(/C=C(\N)NC1CCCN(CC(C)(C)C(=O)N2CCC(O)CC2)C1)=C(/N)c1ccc(C(F)(F)P)cc1O. The number of halogens is 2. The molecule has 2 unspecified atom stereocenters. The maximum Gasteiger partial charge on any atom is 0.284 e. The molecule has 0 aliphatic carbocycles. The van der Waals surface area contributed by atoms with E-state index < -0.39 is 11.1 Å². The van der Waals surface area contributed by atoms with Gasteiger partial charge >= 0.3 is 0 Å². The molecular formula is C27H42F2N5O3P. The molecule has 2 aliphatic rings. The van der Waals surface area contributed by atoms with Gasteiger partial charge in [-0.05, 0) is 76.8 Å². The second-order valence-corrected chi connectivity index (χ2v) is 11.9. The average molecular weight is 554 g/mol. The topological polar surface area (TPSA) is 128 Å². The number of carbonyl (C=O) groups is 1. The number of aromatic hydroxyl groups is 1. The first-order valence-electron chi connectivity index (χ1n) is 13.1. The van der Waals surface area contributed by atoms with E-state index in [1.165, 1.54) is 21.4 Å². The third-order valence-electron chi connectivity index (χ3n) is 7.30. The van der Waals surface area contributed by atoms with Gasteiger partial charge in [0, 0.05) is 49.0 Å². The summed E-state index contributed by atoms with van der Waals surface area (Å²) in [6, 6.07) is 3.69. The Bertz CT molecular complexity index is 1070. The van der Waals surface area contributed by atoms with Gasteiger partial charge in [-0.3, -0.25) is 4.79 Å². The molecule has 0 saturated carbocycles. The van der Waals surface area contributed by atoms with Crippen LogP contribution in [-0.4, -0.2) is 70.8 Å². The van der Waals surface area contributed by atoms with E-state index in [4.69, 9.17) is 11.5 Å². The van der Waals surface area contributed by atoms with Crippen LogP contribution < -0.4 is 16.8 Å². The average Bonchev–Trinajstić information content (AvgIpc) is 2.82. The monoisotopic (exact) mass is 553 g/mol. The predicted octanol–water partition coefficient (Wildman–Crippen LogP) is 2.87. The number of rotatable bonds is 8. The van der Waals surface area contributed by atoms with Crippen LogP contribution in [0.15, 0.2) is 35.7 Å². The van der Waals surface area contributed by atoms with Crippen LogP contribution in [-0.2, 0) is 10.5 Å². The van der Waals surface area contributed by atoms with E-state index >= 15 is 0 Å². The normalized spacial score (nSPS) is 21.3. The molecule has 11 heteroatoms. The number of aliphatic hydroxyl groups is 1. The number of likely N-dealkylation sites (tertiary alicyclic amines) is 2. The van der Waals surface area contributed by atoms with E-state index in [1.807, 2.05) is 18.7 Å². The maximum absolute atomic E-state index is 13.5. The molecule has 8 nitrogen and oxygen atoms in total. The fourth-order valence-corrected chi connectivity index (χ4v) is 5.39. The Morgan fingerprint density at radius 3 is 2.47 bits per heavy atom. The van der Waals surface area contributed by atoms with Crippen molar-refractivity contribution in [2.75, 3.05) is 32.7 Å². The largest absolute Gasteiger partial charge is 0.507 e. The van der Waals surface area contributed by atoms with Crippen molar-refractivity contribution >= 4 is 20.8 Å². The molecule has 1 amide bonds. The van der Waals surface area contributed by atoms with Crippen molar-refractivity contribution < 1.29 is 23.8 Å². The van der Waals surface area contributed by atoms with Crippen LogP contribution in [0.1, 0.15) is 57.6 Å². The second-order valence-electron chi connectivity index (χ2n) is 11.2. The summed E-state index contributed by atoms with van der Waals surface area (Å²) < 4.78 is 27.0. The molecule has 2 fully saturated rings. The van der Waals surface area contributed by atoms with Gasteiger partial charge in [-0.15, -0.1) is 0 Å². The van der Waals surface area contributed by atoms with Gasteiger partial charge in [-0.1, -0.05) is 15.3 Å². The molecule has 0 aromatic heterocycles. The highest BCUT2D eigenvalue weighted by Crippen LogP contribution is 2.38. The van der Waals surface area contributed by atoms with Crippen molar-refractivity contribution in [1.82, 2.24) is 15.1 Å². The highest BCUT2D eigenvalue weighted by molar-refractivity contribution is 7.17. The minimum Gasteiger partial charge on any atom is -0.507 e.